The lowest BCUT2D eigenvalue weighted by Crippen LogP contribution is -2.48. The van der Waals surface area contributed by atoms with Gasteiger partial charge in [0.05, 0.1) is 18.3 Å². The second kappa shape index (κ2) is 9.30. The van der Waals surface area contributed by atoms with Crippen LogP contribution in [-0.2, 0) is 4.79 Å². The Morgan fingerprint density at radius 1 is 1.20 bits per heavy atom. The highest BCUT2D eigenvalue weighted by atomic mass is 35.5. The molecular formula is C25H23ClF2N4O3. The fraction of sp³-hybridized carbons (Fsp3) is 0.320. The van der Waals surface area contributed by atoms with Crippen molar-refractivity contribution in [1.82, 2.24) is 14.9 Å². The van der Waals surface area contributed by atoms with Gasteiger partial charge in [-0.05, 0) is 37.1 Å². The summed E-state index contributed by atoms with van der Waals surface area (Å²) in [6, 6.07) is 6.01. The number of anilines is 2. The molecule has 1 amide bonds. The zero-order valence-electron chi connectivity index (χ0n) is 18.9. The highest BCUT2D eigenvalue weighted by Crippen LogP contribution is 2.41. The average molecular weight is 501 g/mol. The van der Waals surface area contributed by atoms with Crippen molar-refractivity contribution >= 4 is 39.9 Å². The number of piperidine rings is 1. The van der Waals surface area contributed by atoms with Crippen LogP contribution < -0.4 is 14.8 Å². The van der Waals surface area contributed by atoms with Crippen LogP contribution in [0.2, 0.25) is 5.02 Å². The van der Waals surface area contributed by atoms with E-state index >= 15 is 0 Å². The minimum absolute atomic E-state index is 0.0227. The van der Waals surface area contributed by atoms with Crippen molar-refractivity contribution < 1.29 is 23.0 Å². The molecule has 0 saturated carbocycles. The number of nitrogens with zero attached hydrogens (tertiary/aromatic N) is 3. The quantitative estimate of drug-likeness (QED) is 0.361. The molecule has 2 unspecified atom stereocenters. The number of hydrogen-bond acceptors (Lipinski definition) is 6. The molecule has 10 heteroatoms. The Hall–Kier alpha value is -3.46. The number of hydrogen-bond donors (Lipinski definition) is 1. The molecule has 3 heterocycles. The molecule has 2 fully saturated rings. The molecule has 2 saturated heterocycles. The predicted octanol–water partition coefficient (Wildman–Crippen LogP) is 5.40. The Morgan fingerprint density at radius 2 is 1.94 bits per heavy atom. The molecule has 0 spiro atoms. The van der Waals surface area contributed by atoms with Gasteiger partial charge in [-0.15, -0.1) is 0 Å². The zero-order chi connectivity index (χ0) is 24.7. The maximum absolute atomic E-state index is 14.5. The Kier molecular flexibility index (Phi) is 6.19. The zero-order valence-corrected chi connectivity index (χ0v) is 19.7. The summed E-state index contributed by atoms with van der Waals surface area (Å²) in [5.74, 6) is -0.522. The lowest BCUT2D eigenvalue weighted by atomic mass is 9.99. The summed E-state index contributed by atoms with van der Waals surface area (Å²) in [7, 11) is 1.54. The fourth-order valence-electron chi connectivity index (χ4n) is 5.03. The number of fused-ring (bicyclic) bond motifs is 3. The minimum Gasteiger partial charge on any atom is -0.493 e. The third-order valence-corrected chi connectivity index (χ3v) is 6.97. The number of nitrogens with one attached hydrogen (secondary N) is 1. The number of methoxy groups -OCH3 is 1. The number of carbonyl (C=O) groups excluding carboxylic acids is 1. The summed E-state index contributed by atoms with van der Waals surface area (Å²) in [6.07, 6.45) is 5.86. The maximum Gasteiger partial charge on any atom is 0.246 e. The topological polar surface area (TPSA) is 76.6 Å². The smallest absolute Gasteiger partial charge is 0.246 e. The van der Waals surface area contributed by atoms with E-state index in [-0.39, 0.29) is 29.8 Å². The summed E-state index contributed by atoms with van der Waals surface area (Å²) in [4.78, 5) is 22.7. The highest BCUT2D eigenvalue weighted by Gasteiger charge is 2.43. The summed E-state index contributed by atoms with van der Waals surface area (Å²) in [6.45, 7) is 3.62. The van der Waals surface area contributed by atoms with Crippen LogP contribution in [0, 0.1) is 11.6 Å². The molecule has 7 nitrogen and oxygen atoms in total. The average Bonchev–Trinajstić information content (AvgIpc) is 3.13. The van der Waals surface area contributed by atoms with Crippen molar-refractivity contribution in [1.29, 1.82) is 0 Å². The summed E-state index contributed by atoms with van der Waals surface area (Å²) in [5, 5.41) is 2.83. The van der Waals surface area contributed by atoms with Crippen LogP contribution in [0.15, 0.2) is 43.2 Å². The molecule has 1 N–H and O–H groups in total. The predicted molar refractivity (Wildman–Crippen MR) is 128 cm³/mol. The van der Waals surface area contributed by atoms with Gasteiger partial charge in [0.25, 0.3) is 0 Å². The molecule has 182 valence electrons. The van der Waals surface area contributed by atoms with Crippen LogP contribution in [0.4, 0.5) is 20.3 Å². The molecule has 35 heavy (non-hydrogen) atoms. The Labute approximate surface area is 205 Å². The molecule has 1 aromatic heterocycles. The fourth-order valence-corrected chi connectivity index (χ4v) is 5.20. The molecule has 0 radical (unpaired) electrons. The first kappa shape index (κ1) is 23.3. The third-order valence-electron chi connectivity index (χ3n) is 6.62. The van der Waals surface area contributed by atoms with Gasteiger partial charge in [0.2, 0.25) is 5.91 Å². The van der Waals surface area contributed by atoms with Crippen LogP contribution in [0.1, 0.15) is 25.7 Å². The van der Waals surface area contributed by atoms with Gasteiger partial charge < -0.3 is 19.7 Å². The normalized spacial score (nSPS) is 21.1. The molecule has 5 rings (SSSR count). The van der Waals surface area contributed by atoms with Crippen molar-refractivity contribution in [3.05, 3.63) is 59.9 Å². The third kappa shape index (κ3) is 4.25. The van der Waals surface area contributed by atoms with Crippen LogP contribution in [0.5, 0.6) is 11.5 Å². The second-order valence-corrected chi connectivity index (χ2v) is 9.01. The Balaban J connectivity index is 1.45. The molecule has 2 aromatic carbocycles. The molecular weight excluding hydrogens is 478 g/mol. The molecule has 0 aliphatic carbocycles. The molecule has 2 bridgehead atoms. The Bertz CT molecular complexity index is 1310. The van der Waals surface area contributed by atoms with Gasteiger partial charge in [0, 0.05) is 36.4 Å². The van der Waals surface area contributed by atoms with Gasteiger partial charge in [-0.1, -0.05) is 18.2 Å². The van der Waals surface area contributed by atoms with Crippen molar-refractivity contribution in [3.8, 4) is 11.5 Å². The van der Waals surface area contributed by atoms with E-state index in [1.54, 1.807) is 19.2 Å². The van der Waals surface area contributed by atoms with Crippen molar-refractivity contribution in [2.75, 3.05) is 12.4 Å². The Morgan fingerprint density at radius 3 is 2.63 bits per heavy atom. The largest absolute Gasteiger partial charge is 0.493 e. The number of amides is 1. The van der Waals surface area contributed by atoms with Gasteiger partial charge in [-0.25, -0.2) is 18.7 Å². The lowest BCUT2D eigenvalue weighted by molar-refractivity contribution is -0.131. The molecule has 3 atom stereocenters. The first-order valence-electron chi connectivity index (χ1n) is 11.2. The number of carbonyl (C=O) groups is 1. The first-order chi connectivity index (χ1) is 16.9. The minimum atomic E-state index is -0.917. The second-order valence-electron chi connectivity index (χ2n) is 8.64. The maximum atomic E-state index is 14.5. The number of halogens is 3. The lowest BCUT2D eigenvalue weighted by Gasteiger charge is -2.38. The van der Waals surface area contributed by atoms with E-state index in [9.17, 15) is 13.6 Å². The van der Waals surface area contributed by atoms with E-state index in [4.69, 9.17) is 21.1 Å². The van der Waals surface area contributed by atoms with Gasteiger partial charge in [0.1, 0.15) is 29.1 Å². The van der Waals surface area contributed by atoms with E-state index in [1.807, 2.05) is 4.90 Å². The van der Waals surface area contributed by atoms with E-state index in [0.29, 0.717) is 41.1 Å². The van der Waals surface area contributed by atoms with E-state index in [1.165, 1.54) is 18.5 Å². The van der Waals surface area contributed by atoms with Crippen LogP contribution in [0.25, 0.3) is 10.9 Å². The molecule has 3 aromatic rings. The van der Waals surface area contributed by atoms with Crippen LogP contribution in [-0.4, -0.2) is 46.1 Å². The van der Waals surface area contributed by atoms with E-state index < -0.39 is 16.7 Å². The van der Waals surface area contributed by atoms with Gasteiger partial charge >= 0.3 is 0 Å². The van der Waals surface area contributed by atoms with Crippen molar-refractivity contribution in [3.63, 3.8) is 0 Å². The number of aromatic nitrogens is 2. The van der Waals surface area contributed by atoms with Gasteiger partial charge in [-0.3, -0.25) is 4.79 Å². The SMILES string of the molecule is C=CC(=O)N1C2CC[C@@H]1CC(Oc1cc3c(Nc4ccc(F)c(Cl)c4F)ncnc3cc1OC)C2. The van der Waals surface area contributed by atoms with Gasteiger partial charge in [-0.2, -0.15) is 0 Å². The van der Waals surface area contributed by atoms with Gasteiger partial charge in [0.15, 0.2) is 17.3 Å². The highest BCUT2D eigenvalue weighted by molar-refractivity contribution is 6.31. The summed E-state index contributed by atoms with van der Waals surface area (Å²) in [5.41, 5.74) is 0.525. The molecule has 2 aliphatic heterocycles. The van der Waals surface area contributed by atoms with Crippen LogP contribution >= 0.6 is 11.6 Å². The summed E-state index contributed by atoms with van der Waals surface area (Å²) < 4.78 is 40.0. The van der Waals surface area contributed by atoms with E-state index in [0.717, 1.165) is 18.9 Å². The van der Waals surface area contributed by atoms with Crippen LogP contribution in [0.3, 0.4) is 0 Å². The molecule has 2 aliphatic rings. The number of benzene rings is 2. The summed E-state index contributed by atoms with van der Waals surface area (Å²) >= 11 is 5.72. The first-order valence-corrected chi connectivity index (χ1v) is 11.6. The number of ether oxygens (including phenoxy) is 2. The van der Waals surface area contributed by atoms with Crippen molar-refractivity contribution in [2.24, 2.45) is 0 Å². The monoisotopic (exact) mass is 500 g/mol. The number of rotatable bonds is 6. The van der Waals surface area contributed by atoms with Crippen molar-refractivity contribution in [2.45, 2.75) is 43.9 Å². The standard InChI is InChI=1S/C25H23ClF2N4O3/c1-3-22(33)32-13-4-5-14(32)9-15(8-13)35-21-10-16-19(11-20(21)34-2)29-12-30-25(16)31-18-7-6-17(27)23(26)24(18)28/h3,6-7,10-15H,1,4-5,8-9H2,2H3,(H,29,30,31)/t13-,14?,15?/m1/s1. The van der Waals surface area contributed by atoms with E-state index in [2.05, 4.69) is 21.9 Å².